The number of ketones is 1. The molecule has 0 aromatic rings. The topological polar surface area (TPSA) is 23.6 Å². The fourth-order valence-corrected chi connectivity index (χ4v) is 3.27. The number of fused-ring (bicyclic) bond motifs is 1. The highest BCUT2D eigenvalue weighted by Crippen LogP contribution is 2.29. The number of hydrogen-bond donors (Lipinski definition) is 0. The Kier molecular flexibility index (Phi) is 4.21. The van der Waals surface area contributed by atoms with Crippen LogP contribution in [0.4, 0.5) is 0 Å². The summed E-state index contributed by atoms with van der Waals surface area (Å²) in [4.78, 5) is 16.7. The van der Waals surface area contributed by atoms with E-state index < -0.39 is 0 Å². The monoisotopic (exact) mass is 238 g/mol. The van der Waals surface area contributed by atoms with Crippen molar-refractivity contribution in [2.24, 2.45) is 11.8 Å². The van der Waals surface area contributed by atoms with E-state index in [1.807, 2.05) is 13.8 Å². The Morgan fingerprint density at radius 2 is 2.06 bits per heavy atom. The van der Waals surface area contributed by atoms with Crippen LogP contribution in [-0.2, 0) is 4.79 Å². The largest absolute Gasteiger partial charge is 0.303 e. The van der Waals surface area contributed by atoms with E-state index in [2.05, 4.69) is 16.8 Å². The summed E-state index contributed by atoms with van der Waals surface area (Å²) in [6.45, 7) is 8.17. The molecule has 0 aliphatic carbocycles. The lowest BCUT2D eigenvalue weighted by molar-refractivity contribution is -0.123. The summed E-state index contributed by atoms with van der Waals surface area (Å²) in [6.07, 6.45) is 3.91. The molecule has 2 aliphatic rings. The molecule has 2 atom stereocenters. The highest BCUT2D eigenvalue weighted by molar-refractivity contribution is 5.82. The van der Waals surface area contributed by atoms with Crippen molar-refractivity contribution < 1.29 is 4.79 Å². The lowest BCUT2D eigenvalue weighted by atomic mass is 9.84. The average Bonchev–Trinajstić information content (AvgIpc) is 2.29. The Morgan fingerprint density at radius 3 is 2.76 bits per heavy atom. The maximum atomic E-state index is 11.8. The first-order chi connectivity index (χ1) is 8.08. The van der Waals surface area contributed by atoms with Gasteiger partial charge in [-0.25, -0.2) is 0 Å². The third kappa shape index (κ3) is 3.08. The molecule has 2 aliphatic heterocycles. The summed E-state index contributed by atoms with van der Waals surface area (Å²) in [7, 11) is 2.26. The Morgan fingerprint density at radius 1 is 1.29 bits per heavy atom. The molecule has 0 aromatic heterocycles. The van der Waals surface area contributed by atoms with Crippen LogP contribution in [0.15, 0.2) is 0 Å². The van der Waals surface area contributed by atoms with Crippen LogP contribution in [-0.4, -0.2) is 54.9 Å². The van der Waals surface area contributed by atoms with Gasteiger partial charge in [0.1, 0.15) is 5.78 Å². The third-order valence-corrected chi connectivity index (χ3v) is 4.45. The van der Waals surface area contributed by atoms with Gasteiger partial charge in [0, 0.05) is 25.0 Å². The minimum atomic E-state index is 0.182. The highest BCUT2D eigenvalue weighted by atomic mass is 16.1. The van der Waals surface area contributed by atoms with Gasteiger partial charge in [0.05, 0.1) is 6.54 Å². The quantitative estimate of drug-likeness (QED) is 0.746. The van der Waals surface area contributed by atoms with Gasteiger partial charge in [0.15, 0.2) is 0 Å². The summed E-state index contributed by atoms with van der Waals surface area (Å²) in [5.41, 5.74) is 0. The number of hydrogen-bond acceptors (Lipinski definition) is 3. The van der Waals surface area contributed by atoms with Gasteiger partial charge in [-0.3, -0.25) is 9.69 Å². The number of rotatable bonds is 3. The summed E-state index contributed by atoms with van der Waals surface area (Å²) in [5.74, 6) is 1.37. The summed E-state index contributed by atoms with van der Waals surface area (Å²) in [6, 6.07) is 0.772. The molecular weight excluding hydrogens is 212 g/mol. The average molecular weight is 238 g/mol. The van der Waals surface area contributed by atoms with Crippen molar-refractivity contribution in [2.45, 2.75) is 39.2 Å². The van der Waals surface area contributed by atoms with Crippen LogP contribution >= 0.6 is 0 Å². The molecule has 0 amide bonds. The molecule has 17 heavy (non-hydrogen) atoms. The molecule has 0 N–H and O–H groups in total. The molecule has 0 spiro atoms. The Balaban J connectivity index is 1.87. The lowest BCUT2D eigenvalue weighted by Crippen LogP contribution is -2.53. The van der Waals surface area contributed by atoms with Crippen molar-refractivity contribution in [3.05, 3.63) is 0 Å². The molecule has 2 heterocycles. The van der Waals surface area contributed by atoms with E-state index in [0.717, 1.165) is 25.0 Å². The summed E-state index contributed by atoms with van der Waals surface area (Å²) >= 11 is 0. The molecule has 0 aromatic carbocycles. The SMILES string of the molecule is CC(C)C(=O)CN1CCC2C(CCCN2C)C1. The van der Waals surface area contributed by atoms with Gasteiger partial charge in [-0.2, -0.15) is 0 Å². The standard InChI is InChI=1S/C14H26N2O/c1-11(2)14(17)10-16-8-6-13-12(9-16)5-4-7-15(13)3/h11-13H,4-10H2,1-3H3. The third-order valence-electron chi connectivity index (χ3n) is 4.45. The molecule has 3 nitrogen and oxygen atoms in total. The van der Waals surface area contributed by atoms with Crippen molar-refractivity contribution in [3.63, 3.8) is 0 Å². The van der Waals surface area contributed by atoms with Crippen molar-refractivity contribution in [2.75, 3.05) is 33.2 Å². The van der Waals surface area contributed by atoms with Gasteiger partial charge in [-0.1, -0.05) is 13.8 Å². The van der Waals surface area contributed by atoms with Gasteiger partial charge in [0.25, 0.3) is 0 Å². The smallest absolute Gasteiger partial charge is 0.149 e. The number of carbonyl (C=O) groups excluding carboxylic acids is 1. The van der Waals surface area contributed by atoms with Gasteiger partial charge in [-0.15, -0.1) is 0 Å². The first-order valence-corrected chi connectivity index (χ1v) is 7.03. The molecular formula is C14H26N2O. The highest BCUT2D eigenvalue weighted by Gasteiger charge is 2.34. The molecule has 2 rings (SSSR count). The van der Waals surface area contributed by atoms with E-state index in [-0.39, 0.29) is 5.92 Å². The number of nitrogens with zero attached hydrogens (tertiary/aromatic N) is 2. The molecule has 98 valence electrons. The van der Waals surface area contributed by atoms with E-state index >= 15 is 0 Å². The number of piperidine rings is 2. The molecule has 3 heteroatoms. The van der Waals surface area contributed by atoms with Crippen LogP contribution in [0.25, 0.3) is 0 Å². The normalized spacial score (nSPS) is 31.5. The Hall–Kier alpha value is -0.410. The Labute approximate surface area is 105 Å². The first kappa shape index (κ1) is 13.0. The number of carbonyl (C=O) groups is 1. The minimum Gasteiger partial charge on any atom is -0.303 e. The van der Waals surface area contributed by atoms with Crippen molar-refractivity contribution in [1.82, 2.24) is 9.80 Å². The van der Waals surface area contributed by atoms with Crippen LogP contribution in [0.2, 0.25) is 0 Å². The van der Waals surface area contributed by atoms with Crippen LogP contribution in [0.1, 0.15) is 33.1 Å². The first-order valence-electron chi connectivity index (χ1n) is 7.03. The molecule has 2 saturated heterocycles. The zero-order valence-electron chi connectivity index (χ0n) is 11.5. The molecule has 2 fully saturated rings. The lowest BCUT2D eigenvalue weighted by Gasteiger charge is -2.45. The molecule has 0 saturated carbocycles. The fraction of sp³-hybridized carbons (Fsp3) is 0.929. The predicted octanol–water partition coefficient (Wildman–Crippen LogP) is 1.63. The van der Waals surface area contributed by atoms with Gasteiger partial charge in [0.2, 0.25) is 0 Å². The zero-order valence-corrected chi connectivity index (χ0v) is 11.5. The van der Waals surface area contributed by atoms with Crippen LogP contribution in [0.5, 0.6) is 0 Å². The Bertz CT molecular complexity index is 277. The van der Waals surface area contributed by atoms with Crippen molar-refractivity contribution in [1.29, 1.82) is 0 Å². The fourth-order valence-electron chi connectivity index (χ4n) is 3.27. The molecule has 0 radical (unpaired) electrons. The van der Waals surface area contributed by atoms with Gasteiger partial charge >= 0.3 is 0 Å². The number of likely N-dealkylation sites (tertiary alicyclic amines) is 2. The van der Waals surface area contributed by atoms with Crippen molar-refractivity contribution >= 4 is 5.78 Å². The van der Waals surface area contributed by atoms with Crippen molar-refractivity contribution in [3.8, 4) is 0 Å². The van der Waals surface area contributed by atoms with Crippen LogP contribution < -0.4 is 0 Å². The second-order valence-electron chi connectivity index (χ2n) is 6.10. The van der Waals surface area contributed by atoms with Crippen LogP contribution in [0.3, 0.4) is 0 Å². The maximum absolute atomic E-state index is 11.8. The molecule has 0 bridgehead atoms. The van der Waals surface area contributed by atoms with Gasteiger partial charge < -0.3 is 4.90 Å². The van der Waals surface area contributed by atoms with Crippen LogP contribution in [0, 0.1) is 11.8 Å². The predicted molar refractivity (Wildman–Crippen MR) is 70.0 cm³/mol. The number of Topliss-reactive ketones (excluding diaryl/α,β-unsaturated/α-hetero) is 1. The minimum absolute atomic E-state index is 0.182. The van der Waals surface area contributed by atoms with Gasteiger partial charge in [-0.05, 0) is 38.8 Å². The van der Waals surface area contributed by atoms with E-state index in [1.165, 1.54) is 25.8 Å². The van der Waals surface area contributed by atoms with E-state index in [9.17, 15) is 4.79 Å². The van der Waals surface area contributed by atoms with E-state index in [1.54, 1.807) is 0 Å². The summed E-state index contributed by atoms with van der Waals surface area (Å²) < 4.78 is 0. The second-order valence-corrected chi connectivity index (χ2v) is 6.10. The van der Waals surface area contributed by atoms with E-state index in [0.29, 0.717) is 12.3 Å². The zero-order chi connectivity index (χ0) is 12.4. The van der Waals surface area contributed by atoms with E-state index in [4.69, 9.17) is 0 Å². The summed E-state index contributed by atoms with van der Waals surface area (Å²) in [5, 5.41) is 0. The second kappa shape index (κ2) is 5.49. The maximum Gasteiger partial charge on any atom is 0.149 e. The molecule has 2 unspecified atom stereocenters.